The van der Waals surface area contributed by atoms with Crippen LogP contribution in [0.5, 0.6) is 0 Å². The van der Waals surface area contributed by atoms with Crippen molar-refractivity contribution in [1.82, 2.24) is 4.90 Å². The van der Waals surface area contributed by atoms with Crippen molar-refractivity contribution in [3.63, 3.8) is 0 Å². The van der Waals surface area contributed by atoms with Gasteiger partial charge >= 0.3 is 5.97 Å². The molecule has 1 aromatic carbocycles. The van der Waals surface area contributed by atoms with E-state index < -0.39 is 5.97 Å². The highest BCUT2D eigenvalue weighted by Gasteiger charge is 2.48. The van der Waals surface area contributed by atoms with E-state index in [1.807, 2.05) is 31.2 Å². The molecular formula is C18H21NO4. The van der Waals surface area contributed by atoms with Gasteiger partial charge in [0.05, 0.1) is 11.8 Å². The Hall–Kier alpha value is -2.17. The van der Waals surface area contributed by atoms with Crippen LogP contribution >= 0.6 is 0 Å². The quantitative estimate of drug-likeness (QED) is 0.631. The molecular weight excluding hydrogens is 294 g/mol. The molecule has 122 valence electrons. The summed E-state index contributed by atoms with van der Waals surface area (Å²) >= 11 is 0. The maximum absolute atomic E-state index is 12.3. The summed E-state index contributed by atoms with van der Waals surface area (Å²) in [5, 5.41) is 0. The van der Waals surface area contributed by atoms with E-state index in [0.717, 1.165) is 41.7 Å². The van der Waals surface area contributed by atoms with Crippen LogP contribution in [-0.2, 0) is 25.7 Å². The van der Waals surface area contributed by atoms with Crippen LogP contribution in [0.3, 0.4) is 0 Å². The van der Waals surface area contributed by atoms with E-state index in [2.05, 4.69) is 0 Å². The third kappa shape index (κ3) is 3.28. The molecule has 1 aliphatic heterocycles. The lowest BCUT2D eigenvalue weighted by atomic mass is 9.81. The Morgan fingerprint density at radius 3 is 2.22 bits per heavy atom. The number of carbonyl (C=O) groups excluding carboxylic acids is 3. The first kappa shape index (κ1) is 15.7. The standard InChI is InChI=1S/C18H21NO4/c1-12-6-8-13(9-7-12)11-23-16(20)10-19-17(21)14-4-2-3-5-15(14)18(19)22/h6-9,14-15H,2-5,10-11H2,1H3/t14-,15-/m0/s1. The van der Waals surface area contributed by atoms with Gasteiger partial charge in [-0.2, -0.15) is 0 Å². The van der Waals surface area contributed by atoms with Crippen molar-refractivity contribution in [1.29, 1.82) is 0 Å². The maximum Gasteiger partial charge on any atom is 0.326 e. The number of hydrogen-bond acceptors (Lipinski definition) is 4. The second-order valence-electron chi connectivity index (χ2n) is 6.41. The number of nitrogens with zero attached hydrogens (tertiary/aromatic N) is 1. The molecule has 2 atom stereocenters. The lowest BCUT2D eigenvalue weighted by Crippen LogP contribution is -2.36. The molecule has 2 aliphatic rings. The van der Waals surface area contributed by atoms with Crippen LogP contribution in [0.1, 0.15) is 36.8 Å². The first-order valence-corrected chi connectivity index (χ1v) is 8.12. The van der Waals surface area contributed by atoms with Crippen LogP contribution in [0, 0.1) is 18.8 Å². The third-order valence-electron chi connectivity index (χ3n) is 4.74. The summed E-state index contributed by atoms with van der Waals surface area (Å²) in [6.07, 6.45) is 3.46. The van der Waals surface area contributed by atoms with Gasteiger partial charge in [0.15, 0.2) is 0 Å². The summed E-state index contributed by atoms with van der Waals surface area (Å²) in [6.45, 7) is 1.87. The summed E-state index contributed by atoms with van der Waals surface area (Å²) in [5.41, 5.74) is 2.02. The van der Waals surface area contributed by atoms with Crippen molar-refractivity contribution in [2.75, 3.05) is 6.54 Å². The highest BCUT2D eigenvalue weighted by Crippen LogP contribution is 2.37. The monoisotopic (exact) mass is 315 g/mol. The van der Waals surface area contributed by atoms with Crippen LogP contribution in [0.4, 0.5) is 0 Å². The average molecular weight is 315 g/mol. The topological polar surface area (TPSA) is 63.7 Å². The number of hydrogen-bond donors (Lipinski definition) is 0. The van der Waals surface area contributed by atoms with Crippen LogP contribution in [0.2, 0.25) is 0 Å². The van der Waals surface area contributed by atoms with Crippen molar-refractivity contribution in [3.05, 3.63) is 35.4 Å². The van der Waals surface area contributed by atoms with Gasteiger partial charge in [-0.05, 0) is 25.3 Å². The summed E-state index contributed by atoms with van der Waals surface area (Å²) in [5.74, 6) is -1.38. The zero-order valence-corrected chi connectivity index (χ0v) is 13.3. The fourth-order valence-electron chi connectivity index (χ4n) is 3.41. The Labute approximate surface area is 135 Å². The fourth-order valence-corrected chi connectivity index (χ4v) is 3.41. The van der Waals surface area contributed by atoms with E-state index in [4.69, 9.17) is 4.74 Å². The van der Waals surface area contributed by atoms with Gasteiger partial charge < -0.3 is 4.74 Å². The average Bonchev–Trinajstić information content (AvgIpc) is 2.80. The Morgan fingerprint density at radius 2 is 1.65 bits per heavy atom. The molecule has 0 unspecified atom stereocenters. The maximum atomic E-state index is 12.3. The van der Waals surface area contributed by atoms with Crippen molar-refractivity contribution < 1.29 is 19.1 Å². The largest absolute Gasteiger partial charge is 0.459 e. The van der Waals surface area contributed by atoms with Crippen molar-refractivity contribution in [3.8, 4) is 0 Å². The minimum atomic E-state index is -0.536. The minimum absolute atomic E-state index is 0.155. The van der Waals surface area contributed by atoms with E-state index >= 15 is 0 Å². The lowest BCUT2D eigenvalue weighted by Gasteiger charge is -2.19. The fraction of sp³-hybridized carbons (Fsp3) is 0.500. The van der Waals surface area contributed by atoms with Gasteiger partial charge in [-0.3, -0.25) is 19.3 Å². The molecule has 1 heterocycles. The molecule has 0 radical (unpaired) electrons. The molecule has 2 fully saturated rings. The lowest BCUT2D eigenvalue weighted by molar-refractivity contribution is -0.153. The molecule has 2 amide bonds. The molecule has 23 heavy (non-hydrogen) atoms. The molecule has 0 N–H and O–H groups in total. The van der Waals surface area contributed by atoms with E-state index in [9.17, 15) is 14.4 Å². The number of amides is 2. The Balaban J connectivity index is 1.56. The second-order valence-corrected chi connectivity index (χ2v) is 6.41. The van der Waals surface area contributed by atoms with Gasteiger partial charge in [-0.15, -0.1) is 0 Å². The zero-order chi connectivity index (χ0) is 16.4. The van der Waals surface area contributed by atoms with Crippen LogP contribution in [0.15, 0.2) is 24.3 Å². The highest BCUT2D eigenvalue weighted by atomic mass is 16.5. The first-order chi connectivity index (χ1) is 11.1. The molecule has 5 heteroatoms. The number of benzene rings is 1. The highest BCUT2D eigenvalue weighted by molar-refractivity contribution is 6.07. The Morgan fingerprint density at radius 1 is 1.09 bits per heavy atom. The van der Waals surface area contributed by atoms with Gasteiger partial charge in [-0.25, -0.2) is 0 Å². The van der Waals surface area contributed by atoms with Gasteiger partial charge in [0, 0.05) is 0 Å². The molecule has 1 aromatic rings. The predicted molar refractivity (Wildman–Crippen MR) is 83.1 cm³/mol. The molecule has 5 nitrogen and oxygen atoms in total. The number of ether oxygens (including phenoxy) is 1. The summed E-state index contributed by atoms with van der Waals surface area (Å²) < 4.78 is 5.19. The third-order valence-corrected chi connectivity index (χ3v) is 4.74. The van der Waals surface area contributed by atoms with Crippen molar-refractivity contribution >= 4 is 17.8 Å². The van der Waals surface area contributed by atoms with Gasteiger partial charge in [0.25, 0.3) is 0 Å². The van der Waals surface area contributed by atoms with Gasteiger partial charge in [0.2, 0.25) is 11.8 Å². The Kier molecular flexibility index (Phi) is 4.46. The normalized spacial score (nSPS) is 23.8. The number of carbonyl (C=O) groups is 3. The number of aryl methyl sites for hydroxylation is 1. The van der Waals surface area contributed by atoms with Crippen molar-refractivity contribution in [2.24, 2.45) is 11.8 Å². The first-order valence-electron chi connectivity index (χ1n) is 8.12. The number of imide groups is 1. The number of esters is 1. The molecule has 0 bridgehead atoms. The van der Waals surface area contributed by atoms with Gasteiger partial charge in [0.1, 0.15) is 13.2 Å². The molecule has 1 saturated carbocycles. The van der Waals surface area contributed by atoms with E-state index in [-0.39, 0.29) is 36.8 Å². The van der Waals surface area contributed by atoms with E-state index in [1.165, 1.54) is 0 Å². The molecule has 0 aromatic heterocycles. The van der Waals surface area contributed by atoms with E-state index in [1.54, 1.807) is 0 Å². The number of rotatable bonds is 4. The van der Waals surface area contributed by atoms with Gasteiger partial charge in [-0.1, -0.05) is 42.7 Å². The second kappa shape index (κ2) is 6.52. The van der Waals surface area contributed by atoms with Crippen molar-refractivity contribution in [2.45, 2.75) is 39.2 Å². The van der Waals surface area contributed by atoms with E-state index in [0.29, 0.717) is 0 Å². The minimum Gasteiger partial charge on any atom is -0.459 e. The van der Waals surface area contributed by atoms with Crippen LogP contribution in [0.25, 0.3) is 0 Å². The molecule has 0 spiro atoms. The molecule has 1 aliphatic carbocycles. The Bertz CT molecular complexity index is 598. The molecule has 3 rings (SSSR count). The smallest absolute Gasteiger partial charge is 0.326 e. The number of likely N-dealkylation sites (tertiary alicyclic amines) is 1. The summed E-state index contributed by atoms with van der Waals surface area (Å²) in [6, 6.07) is 7.68. The van der Waals surface area contributed by atoms with Crippen LogP contribution < -0.4 is 0 Å². The summed E-state index contributed by atoms with van der Waals surface area (Å²) in [4.78, 5) is 37.7. The molecule has 1 saturated heterocycles. The SMILES string of the molecule is Cc1ccc(COC(=O)CN2C(=O)[C@H]3CCCC[C@@H]3C2=O)cc1. The predicted octanol–water partition coefficient (Wildman–Crippen LogP) is 2.21. The summed E-state index contributed by atoms with van der Waals surface area (Å²) in [7, 11) is 0. The zero-order valence-electron chi connectivity index (χ0n) is 13.3. The number of fused-ring (bicyclic) bond motifs is 1. The van der Waals surface area contributed by atoms with Crippen LogP contribution in [-0.4, -0.2) is 29.2 Å².